The van der Waals surface area contributed by atoms with E-state index in [0.717, 1.165) is 7.11 Å². The quantitative estimate of drug-likeness (QED) is 0.0329. The summed E-state index contributed by atoms with van der Waals surface area (Å²) in [5.74, 6) is -7.13. The van der Waals surface area contributed by atoms with E-state index in [2.05, 4.69) is 0 Å². The van der Waals surface area contributed by atoms with Crippen LogP contribution in [-0.4, -0.2) is 251 Å². The van der Waals surface area contributed by atoms with Crippen LogP contribution in [0.2, 0.25) is 0 Å². The third-order valence-corrected chi connectivity index (χ3v) is 11.0. The summed E-state index contributed by atoms with van der Waals surface area (Å²) in [6.07, 6.45) is -28.2. The molecule has 6 N–H and O–H groups in total. The maximum absolute atomic E-state index is 11.6. The van der Waals surface area contributed by atoms with Crippen LogP contribution in [0.3, 0.4) is 0 Å². The smallest absolute Gasteiger partial charge is 0.548 e. The number of hydrogen-bond acceptors (Lipinski definition) is 28. The molecule has 70 heavy (non-hydrogen) atoms. The summed E-state index contributed by atoms with van der Waals surface area (Å²) in [4.78, 5) is 44.2. The van der Waals surface area contributed by atoms with Crippen molar-refractivity contribution in [3.63, 3.8) is 0 Å². The summed E-state index contributed by atoms with van der Waals surface area (Å²) < 4.78 is 78.6. The molecule has 8 unspecified atom stereocenters. The van der Waals surface area contributed by atoms with Crippen molar-refractivity contribution in [2.75, 3.05) is 80.3 Å². The summed E-state index contributed by atoms with van der Waals surface area (Å²) in [6, 6.07) is 0. The van der Waals surface area contributed by atoms with Crippen LogP contribution in [0.25, 0.3) is 0 Å². The first-order chi connectivity index (χ1) is 31.3. The van der Waals surface area contributed by atoms with Crippen LogP contribution in [-0.2, 0) is 85.5 Å². The molecular formula is C38H58Na4O28. The summed E-state index contributed by atoms with van der Waals surface area (Å²) in [7, 11) is 2.37. The Kier molecular flexibility index (Phi) is 36.0. The van der Waals surface area contributed by atoms with Gasteiger partial charge in [-0.05, 0) is 6.92 Å². The van der Waals surface area contributed by atoms with Gasteiger partial charge in [-0.15, -0.1) is 0 Å². The first-order valence-corrected chi connectivity index (χ1v) is 20.7. The third kappa shape index (κ3) is 20.8. The van der Waals surface area contributed by atoms with E-state index in [1.807, 2.05) is 0 Å². The van der Waals surface area contributed by atoms with Gasteiger partial charge in [0.05, 0.1) is 108 Å². The van der Waals surface area contributed by atoms with E-state index >= 15 is 0 Å². The van der Waals surface area contributed by atoms with Crippen LogP contribution in [0.15, 0.2) is 0 Å². The largest absolute Gasteiger partial charge is 1.00 e. The molecular weight excluding hydrogens is 996 g/mol. The van der Waals surface area contributed by atoms with Crippen molar-refractivity contribution in [3.8, 4) is 0 Å². The number of carboxylic acid groups (broad SMARTS) is 4. The number of hydrogen-bond donors (Lipinski definition) is 6. The van der Waals surface area contributed by atoms with Crippen LogP contribution in [0.4, 0.5) is 0 Å². The van der Waals surface area contributed by atoms with E-state index in [0.29, 0.717) is 0 Å². The van der Waals surface area contributed by atoms with Crippen LogP contribution in [0, 0.1) is 5.92 Å². The summed E-state index contributed by atoms with van der Waals surface area (Å²) in [5.41, 5.74) is 0. The fraction of sp³-hybridized carbons (Fsp3) is 0.895. The van der Waals surface area contributed by atoms with Gasteiger partial charge in [0.1, 0.15) is 79.4 Å². The zero-order valence-electron chi connectivity index (χ0n) is 40.3. The fourth-order valence-electron chi connectivity index (χ4n) is 7.69. The molecule has 0 aromatic rings. The van der Waals surface area contributed by atoms with Gasteiger partial charge in [0.15, 0.2) is 18.9 Å². The van der Waals surface area contributed by atoms with Gasteiger partial charge in [0.25, 0.3) is 0 Å². The predicted octanol–water partition coefficient (Wildman–Crippen LogP) is -23.0. The Morgan fingerprint density at radius 1 is 0.429 bits per heavy atom. The number of carbonyl (C=O) groups is 4. The molecule has 0 amide bonds. The maximum Gasteiger partial charge on any atom is 1.00 e. The fourth-order valence-corrected chi connectivity index (χ4v) is 7.69. The maximum atomic E-state index is 11.6. The van der Waals surface area contributed by atoms with Gasteiger partial charge in [0.2, 0.25) is 0 Å². The second kappa shape index (κ2) is 35.5. The van der Waals surface area contributed by atoms with Crippen molar-refractivity contribution < 1.29 is 255 Å². The molecule has 0 saturated carbocycles. The minimum absolute atomic E-state index is 0. The minimum Gasteiger partial charge on any atom is -0.548 e. The number of aliphatic hydroxyl groups excluding tert-OH is 6. The Balaban J connectivity index is 0.0000119. The van der Waals surface area contributed by atoms with Gasteiger partial charge in [-0.25, -0.2) is 0 Å². The van der Waals surface area contributed by atoms with Gasteiger partial charge in [-0.2, -0.15) is 0 Å². The van der Waals surface area contributed by atoms with Gasteiger partial charge in [0, 0.05) is 20.1 Å². The number of carboxylic acids is 4. The average Bonchev–Trinajstić information content (AvgIpc) is 3.25. The molecule has 4 fully saturated rings. The minimum atomic E-state index is -1.81. The van der Waals surface area contributed by atoms with E-state index in [1.54, 1.807) is 0 Å². The molecule has 20 atom stereocenters. The van der Waals surface area contributed by atoms with Crippen LogP contribution < -0.4 is 139 Å². The molecule has 0 aromatic heterocycles. The topological polar surface area (TPSA) is 411 Å². The Hall–Kier alpha value is 1.08. The average molecular weight is 1050 g/mol. The first kappa shape index (κ1) is 71.1. The molecule has 0 spiro atoms. The number of carbonyl (C=O) groups excluding carboxylic acids is 4. The summed E-state index contributed by atoms with van der Waals surface area (Å²) >= 11 is 0. The summed E-state index contributed by atoms with van der Waals surface area (Å²) in [6.45, 7) is -3.40. The number of aliphatic carboxylic acids is 4. The monoisotopic (exact) mass is 1050 g/mol. The zero-order chi connectivity index (χ0) is 48.8. The molecule has 28 nitrogen and oxygen atoms in total. The SMILES string of the molecule is CO[C@H]1O[C@@H](COCC(=O)[O-])[C@H](O[C@@H]2OC(COCC(=O)[O-])[C@@H](C)[C@H](O)C2OCCOC2C(O)[C@@H](O[C@@H]3C(COCC(=O)[O-])O[C@@H](C)C(O)[C@H]3O)O[C@@H](COCC(=O)[O-])[C@@H]2OC)C(O)C1O.[Na+].[Na+].[Na+].[Na+]. The standard InChI is InChI=1S/C38H62O28.4Na/c1-15-17(7-55-11-21(39)40)62-38(66-32-19(9-57-13-23(43)44)63-36(54-4)29(51)28(32)50)35(25(15)47)60-6-5-59-34-30(52)37(64-20(33(34)53-3)10-58-14-24(45)46)65-31-18(8-56-12-22(41)42)61-16(2)26(48)27(31)49;;;;/h15-20,25-38,47-52H,5-14H2,1-4H3,(H,39,40)(H,41,42)(H,43,44)(H,45,46);;;;/q;4*+1/p-4/t15-,16+,17?,18?,19+,20+,25+,26?,27-,28?,29?,30?,31-,32+,33+,34?,35?,36+,37-,38+;;;;/m1..../s1. The van der Waals surface area contributed by atoms with Gasteiger partial charge >= 0.3 is 118 Å². The van der Waals surface area contributed by atoms with Crippen LogP contribution in [0.1, 0.15) is 13.8 Å². The normalized spacial score (nSPS) is 37.3. The number of rotatable bonds is 27. The molecule has 0 radical (unpaired) electrons. The van der Waals surface area contributed by atoms with Crippen molar-refractivity contribution in [1.82, 2.24) is 0 Å². The van der Waals surface area contributed by atoms with E-state index in [1.165, 1.54) is 21.0 Å². The number of methoxy groups -OCH3 is 2. The molecule has 0 bridgehead atoms. The zero-order valence-corrected chi connectivity index (χ0v) is 48.3. The van der Waals surface area contributed by atoms with Gasteiger partial charge < -0.3 is 137 Å². The number of ether oxygens (including phenoxy) is 14. The van der Waals surface area contributed by atoms with E-state index in [4.69, 9.17) is 66.3 Å². The molecule has 4 aliphatic rings. The van der Waals surface area contributed by atoms with Gasteiger partial charge in [-0.1, -0.05) is 6.92 Å². The van der Waals surface area contributed by atoms with Crippen molar-refractivity contribution in [2.45, 2.75) is 130 Å². The van der Waals surface area contributed by atoms with E-state index < -0.39 is 212 Å². The van der Waals surface area contributed by atoms with Crippen LogP contribution >= 0.6 is 0 Å². The van der Waals surface area contributed by atoms with Crippen molar-refractivity contribution in [2.24, 2.45) is 5.92 Å². The number of aliphatic hydroxyl groups is 6. The molecule has 4 heterocycles. The van der Waals surface area contributed by atoms with Crippen molar-refractivity contribution in [1.29, 1.82) is 0 Å². The Labute approximate surface area is 490 Å². The second-order valence-corrected chi connectivity index (χ2v) is 15.7. The van der Waals surface area contributed by atoms with E-state index in [-0.39, 0.29) is 118 Å². The Morgan fingerprint density at radius 3 is 1.27 bits per heavy atom. The van der Waals surface area contributed by atoms with Crippen molar-refractivity contribution in [3.05, 3.63) is 0 Å². The molecule has 0 aromatic carbocycles. The van der Waals surface area contributed by atoms with Crippen molar-refractivity contribution >= 4 is 23.9 Å². The molecule has 0 aliphatic carbocycles. The van der Waals surface area contributed by atoms with E-state index in [9.17, 15) is 70.2 Å². The first-order valence-electron chi connectivity index (χ1n) is 20.7. The van der Waals surface area contributed by atoms with Gasteiger partial charge in [-0.3, -0.25) is 0 Å². The molecule has 4 rings (SSSR count). The predicted molar refractivity (Wildman–Crippen MR) is 196 cm³/mol. The summed E-state index contributed by atoms with van der Waals surface area (Å²) in [5, 5.41) is 111. The second-order valence-electron chi connectivity index (χ2n) is 15.7. The van der Waals surface area contributed by atoms with Crippen LogP contribution in [0.5, 0.6) is 0 Å². The molecule has 382 valence electrons. The Bertz CT molecular complexity index is 1530. The molecule has 32 heteroatoms. The molecule has 4 saturated heterocycles. The third-order valence-electron chi connectivity index (χ3n) is 11.0. The molecule has 4 aliphatic heterocycles. The Morgan fingerprint density at radius 2 is 0.814 bits per heavy atom.